The van der Waals surface area contributed by atoms with E-state index in [1.807, 2.05) is 0 Å². The highest BCUT2D eigenvalue weighted by Crippen LogP contribution is 2.19. The van der Waals surface area contributed by atoms with E-state index >= 15 is 0 Å². The highest BCUT2D eigenvalue weighted by atomic mass is 32.2. The van der Waals surface area contributed by atoms with Crippen molar-refractivity contribution in [3.63, 3.8) is 0 Å². The Hall–Kier alpha value is -3.67. The van der Waals surface area contributed by atoms with E-state index in [9.17, 15) is 16.8 Å². The summed E-state index contributed by atoms with van der Waals surface area (Å²) in [6.45, 7) is 0. The molecule has 0 unspecified atom stereocenters. The zero-order valence-corrected chi connectivity index (χ0v) is 19.7. The van der Waals surface area contributed by atoms with Crippen LogP contribution in [-0.4, -0.2) is 55.2 Å². The van der Waals surface area contributed by atoms with Gasteiger partial charge in [0, 0.05) is 17.8 Å². The van der Waals surface area contributed by atoms with Crippen LogP contribution in [0, 0.1) is 0 Å². The molecule has 17 heteroatoms. The molecule has 0 aliphatic carbocycles. The second kappa shape index (κ2) is 11.0. The van der Waals surface area contributed by atoms with Gasteiger partial charge in [0.2, 0.25) is 21.9 Å². The first-order chi connectivity index (χ1) is 15.7. The summed E-state index contributed by atoms with van der Waals surface area (Å²) < 4.78 is 82.3. The topological polar surface area (TPSA) is 228 Å². The first-order valence-corrected chi connectivity index (χ1v) is 13.2. The molecule has 0 bridgehead atoms. The maximum absolute atomic E-state index is 11.4. The number of benzene rings is 2. The molecule has 0 fully saturated rings. The van der Waals surface area contributed by atoms with Crippen molar-refractivity contribution in [2.24, 2.45) is 0 Å². The molecule has 0 amide bonds. The number of nitrogens with one attached hydrogen (secondary N) is 2. The van der Waals surface area contributed by atoms with Gasteiger partial charge in [-0.2, -0.15) is 23.4 Å². The molecule has 0 saturated carbocycles. The van der Waals surface area contributed by atoms with E-state index < -0.39 is 30.8 Å². The largest absolute Gasteiger partial charge is 0.425 e. The monoisotopic (exact) mass is 530 g/mol. The van der Waals surface area contributed by atoms with Crippen molar-refractivity contribution in [1.29, 1.82) is 0 Å². The molecule has 0 aliphatic heterocycles. The van der Waals surface area contributed by atoms with E-state index in [2.05, 4.69) is 25.0 Å². The van der Waals surface area contributed by atoms with Crippen LogP contribution in [0.1, 0.15) is 11.4 Å². The third-order valence-electron chi connectivity index (χ3n) is 3.68. The Morgan fingerprint density at radius 2 is 1.56 bits per heavy atom. The Kier molecular flexibility index (Phi) is 8.57. The van der Waals surface area contributed by atoms with Gasteiger partial charge in [-0.1, -0.05) is 18.2 Å². The van der Waals surface area contributed by atoms with Gasteiger partial charge in [-0.15, -0.1) is 12.6 Å². The van der Waals surface area contributed by atoms with E-state index in [4.69, 9.17) is 22.9 Å². The molecular weight excluding hydrogens is 512 g/mol. The minimum absolute atomic E-state index is 0.0566. The molecule has 3 aromatic rings. The standard InChI is InChI=1S/C17H18N6O5S2.O3S/c1-29(24,25)23-13-6-2-4-11(8-13)9-15-20-16(18)22-17(21-15)19-12-5-3-7-14(10-12)30(26,27)28;1-4(2)3/h2-8,10,23H,9H2,1H3,(H,26,27,28)(H3,18,19,20,21,22);. The van der Waals surface area contributed by atoms with E-state index in [-0.39, 0.29) is 23.2 Å². The fourth-order valence-electron chi connectivity index (χ4n) is 2.58. The second-order valence-corrected chi connectivity index (χ2v) is 10.1. The lowest BCUT2D eigenvalue weighted by atomic mass is 10.1. The van der Waals surface area contributed by atoms with Gasteiger partial charge in [-0.25, -0.2) is 8.42 Å². The van der Waals surface area contributed by atoms with Crippen molar-refractivity contribution in [3.05, 3.63) is 59.9 Å². The van der Waals surface area contributed by atoms with Gasteiger partial charge < -0.3 is 11.1 Å². The average molecular weight is 531 g/mol. The van der Waals surface area contributed by atoms with Crippen molar-refractivity contribution in [2.75, 3.05) is 22.0 Å². The van der Waals surface area contributed by atoms with Gasteiger partial charge in [0.25, 0.3) is 10.1 Å². The van der Waals surface area contributed by atoms with Crippen LogP contribution in [0.4, 0.5) is 23.3 Å². The Bertz CT molecular complexity index is 1500. The van der Waals surface area contributed by atoms with Gasteiger partial charge in [0.15, 0.2) is 0 Å². The molecule has 0 atom stereocenters. The first-order valence-electron chi connectivity index (χ1n) is 8.90. The molecule has 5 N–H and O–H groups in total. The van der Waals surface area contributed by atoms with E-state index in [0.29, 0.717) is 17.2 Å². The van der Waals surface area contributed by atoms with Gasteiger partial charge in [0.05, 0.1) is 11.2 Å². The quantitative estimate of drug-likeness (QED) is 0.303. The normalized spacial score (nSPS) is 11.1. The minimum atomic E-state index is -4.36. The van der Waals surface area contributed by atoms with Gasteiger partial charge in [-0.3, -0.25) is 9.27 Å². The molecule has 2 aromatic carbocycles. The summed E-state index contributed by atoms with van der Waals surface area (Å²) in [6.07, 6.45) is 1.30. The summed E-state index contributed by atoms with van der Waals surface area (Å²) in [7, 11) is -10.9. The van der Waals surface area contributed by atoms with Crippen molar-refractivity contribution in [1.82, 2.24) is 15.0 Å². The molecule has 3 rings (SSSR count). The number of aromatic nitrogens is 3. The van der Waals surface area contributed by atoms with Crippen LogP contribution in [0.2, 0.25) is 0 Å². The van der Waals surface area contributed by atoms with E-state index in [0.717, 1.165) is 11.8 Å². The predicted octanol–water partition coefficient (Wildman–Crippen LogP) is 0.402. The number of nitrogen functional groups attached to an aromatic ring is 1. The van der Waals surface area contributed by atoms with Crippen LogP contribution in [0.15, 0.2) is 53.4 Å². The zero-order valence-electron chi connectivity index (χ0n) is 17.3. The highest BCUT2D eigenvalue weighted by Gasteiger charge is 2.12. The van der Waals surface area contributed by atoms with Gasteiger partial charge >= 0.3 is 10.6 Å². The molecule has 1 aromatic heterocycles. The molecule has 14 nitrogen and oxygen atoms in total. The van der Waals surface area contributed by atoms with Crippen LogP contribution in [0.3, 0.4) is 0 Å². The summed E-state index contributed by atoms with van der Waals surface area (Å²) in [5.74, 6) is 0.335. The number of nitrogens with two attached hydrogens (primary N) is 1. The number of rotatable bonds is 7. The van der Waals surface area contributed by atoms with Crippen LogP contribution in [0.5, 0.6) is 0 Å². The summed E-state index contributed by atoms with van der Waals surface area (Å²) in [6, 6.07) is 12.2. The summed E-state index contributed by atoms with van der Waals surface area (Å²) in [5.41, 5.74) is 7.20. The fourth-order valence-corrected chi connectivity index (χ4v) is 3.66. The van der Waals surface area contributed by atoms with Crippen LogP contribution >= 0.6 is 0 Å². The molecule has 182 valence electrons. The van der Waals surface area contributed by atoms with Crippen LogP contribution < -0.4 is 15.8 Å². The summed E-state index contributed by atoms with van der Waals surface area (Å²) >= 11 is 0. The SMILES string of the molecule is CS(=O)(=O)Nc1cccc(Cc2nc(N)nc(Nc3cccc(S(=O)(=O)O)c3)n2)c1.O=S(=O)=O. The van der Waals surface area contributed by atoms with Crippen LogP contribution in [0.25, 0.3) is 0 Å². The van der Waals surface area contributed by atoms with Crippen molar-refractivity contribution in [2.45, 2.75) is 11.3 Å². The predicted molar refractivity (Wildman–Crippen MR) is 121 cm³/mol. The molecular formula is C17H18N6O8S3. The zero-order chi connectivity index (χ0) is 25.5. The minimum Gasteiger partial charge on any atom is -0.368 e. The van der Waals surface area contributed by atoms with Gasteiger partial charge in [0.1, 0.15) is 5.82 Å². The number of anilines is 4. The number of hydrogen-bond acceptors (Lipinski definition) is 12. The maximum Gasteiger partial charge on any atom is 0.425 e. The lowest BCUT2D eigenvalue weighted by Crippen LogP contribution is -2.10. The fraction of sp³-hybridized carbons (Fsp3) is 0.118. The van der Waals surface area contributed by atoms with Gasteiger partial charge in [-0.05, 0) is 35.9 Å². The average Bonchev–Trinajstić information content (AvgIpc) is 2.65. The summed E-state index contributed by atoms with van der Waals surface area (Å²) in [4.78, 5) is 12.0. The molecule has 0 saturated heterocycles. The van der Waals surface area contributed by atoms with E-state index in [1.54, 1.807) is 30.3 Å². The highest BCUT2D eigenvalue weighted by molar-refractivity contribution is 7.92. The second-order valence-electron chi connectivity index (χ2n) is 6.52. The van der Waals surface area contributed by atoms with Crippen molar-refractivity contribution < 1.29 is 34.0 Å². The van der Waals surface area contributed by atoms with E-state index in [1.165, 1.54) is 18.2 Å². The smallest absolute Gasteiger partial charge is 0.368 e. The Balaban J connectivity index is 0.000000945. The lowest BCUT2D eigenvalue weighted by molar-refractivity contribution is 0.483. The Morgan fingerprint density at radius 3 is 2.18 bits per heavy atom. The number of hydrogen-bond donors (Lipinski definition) is 4. The maximum atomic E-state index is 11.4. The van der Waals surface area contributed by atoms with Crippen molar-refractivity contribution >= 4 is 54.0 Å². The lowest BCUT2D eigenvalue weighted by Gasteiger charge is -2.09. The first kappa shape index (κ1) is 26.6. The third kappa shape index (κ3) is 9.45. The third-order valence-corrected chi connectivity index (χ3v) is 5.14. The molecule has 0 spiro atoms. The van der Waals surface area contributed by atoms with Crippen LogP contribution in [-0.2, 0) is 37.2 Å². The Morgan fingerprint density at radius 1 is 0.941 bits per heavy atom. The number of sulfonamides is 1. The Labute approximate surface area is 196 Å². The molecule has 0 aliphatic rings. The number of nitrogens with zero attached hydrogens (tertiary/aromatic N) is 3. The molecule has 34 heavy (non-hydrogen) atoms. The molecule has 0 radical (unpaired) electrons. The summed E-state index contributed by atoms with van der Waals surface area (Å²) in [5, 5.41) is 2.82. The van der Waals surface area contributed by atoms with Crippen molar-refractivity contribution in [3.8, 4) is 0 Å². The molecule has 1 heterocycles.